The lowest BCUT2D eigenvalue weighted by Crippen LogP contribution is -2.20. The van der Waals surface area contributed by atoms with E-state index in [2.05, 4.69) is 13.8 Å². The minimum absolute atomic E-state index is 0.0595. The van der Waals surface area contributed by atoms with Gasteiger partial charge in [0.2, 0.25) is 0 Å². The van der Waals surface area contributed by atoms with Crippen LogP contribution in [0.2, 0.25) is 0 Å². The molecule has 0 aromatic rings. The standard InChI is InChI=1S/C14H26O2/c1-12(2)8-6-7-11-16-14(15)13-9-4-3-5-10-13/h12-13H,3-11H2,1-2H3. The molecule has 0 spiro atoms. The molecule has 0 heterocycles. The van der Waals surface area contributed by atoms with Crippen LogP contribution in [0.25, 0.3) is 0 Å². The zero-order chi connectivity index (χ0) is 11.8. The van der Waals surface area contributed by atoms with E-state index >= 15 is 0 Å². The van der Waals surface area contributed by atoms with Crippen LogP contribution in [0.5, 0.6) is 0 Å². The van der Waals surface area contributed by atoms with Crippen LogP contribution in [0.3, 0.4) is 0 Å². The van der Waals surface area contributed by atoms with Gasteiger partial charge in [-0.1, -0.05) is 39.5 Å². The topological polar surface area (TPSA) is 26.3 Å². The summed E-state index contributed by atoms with van der Waals surface area (Å²) in [6.45, 7) is 5.09. The monoisotopic (exact) mass is 226 g/mol. The van der Waals surface area contributed by atoms with E-state index in [4.69, 9.17) is 4.74 Å². The first-order valence-corrected chi connectivity index (χ1v) is 6.87. The number of unbranched alkanes of at least 4 members (excludes halogenated alkanes) is 1. The number of carbonyl (C=O) groups excluding carboxylic acids is 1. The molecule has 2 nitrogen and oxygen atoms in total. The van der Waals surface area contributed by atoms with E-state index in [0.717, 1.165) is 25.2 Å². The van der Waals surface area contributed by atoms with Crippen LogP contribution in [-0.4, -0.2) is 12.6 Å². The summed E-state index contributed by atoms with van der Waals surface area (Å²) >= 11 is 0. The Kier molecular flexibility index (Phi) is 6.51. The molecule has 0 aromatic carbocycles. The third kappa shape index (κ3) is 5.53. The third-order valence-corrected chi connectivity index (χ3v) is 3.36. The molecule has 0 aliphatic heterocycles. The van der Waals surface area contributed by atoms with Gasteiger partial charge in [0.25, 0.3) is 0 Å². The summed E-state index contributed by atoms with van der Waals surface area (Å²) in [7, 11) is 0. The second-order valence-electron chi connectivity index (χ2n) is 5.39. The van der Waals surface area contributed by atoms with Crippen LogP contribution >= 0.6 is 0 Å². The van der Waals surface area contributed by atoms with Crippen molar-refractivity contribution in [2.24, 2.45) is 11.8 Å². The molecule has 2 heteroatoms. The minimum Gasteiger partial charge on any atom is -0.465 e. The summed E-state index contributed by atoms with van der Waals surface area (Å²) in [4.78, 5) is 11.7. The lowest BCUT2D eigenvalue weighted by atomic mass is 9.89. The summed E-state index contributed by atoms with van der Waals surface area (Å²) < 4.78 is 5.32. The smallest absolute Gasteiger partial charge is 0.308 e. The fraction of sp³-hybridized carbons (Fsp3) is 0.929. The predicted octanol–water partition coefficient (Wildman–Crippen LogP) is 3.94. The molecule has 1 fully saturated rings. The van der Waals surface area contributed by atoms with Gasteiger partial charge in [0.1, 0.15) is 0 Å². The van der Waals surface area contributed by atoms with Crippen LogP contribution in [0.15, 0.2) is 0 Å². The van der Waals surface area contributed by atoms with E-state index in [1.807, 2.05) is 0 Å². The maximum atomic E-state index is 11.7. The molecule has 0 saturated heterocycles. The first-order valence-electron chi connectivity index (χ1n) is 6.87. The van der Waals surface area contributed by atoms with Crippen LogP contribution in [-0.2, 0) is 9.53 Å². The molecule has 0 atom stereocenters. The van der Waals surface area contributed by atoms with E-state index in [1.165, 1.54) is 32.1 Å². The third-order valence-electron chi connectivity index (χ3n) is 3.36. The van der Waals surface area contributed by atoms with Crippen LogP contribution in [0.1, 0.15) is 65.2 Å². The lowest BCUT2D eigenvalue weighted by molar-refractivity contribution is -0.149. The zero-order valence-electron chi connectivity index (χ0n) is 10.8. The van der Waals surface area contributed by atoms with Crippen molar-refractivity contribution in [2.75, 3.05) is 6.61 Å². The summed E-state index contributed by atoms with van der Waals surface area (Å²) in [5, 5.41) is 0. The predicted molar refractivity (Wildman–Crippen MR) is 66.2 cm³/mol. The van der Waals surface area contributed by atoms with Gasteiger partial charge in [-0.05, 0) is 31.6 Å². The molecular weight excluding hydrogens is 200 g/mol. The average molecular weight is 226 g/mol. The fourth-order valence-corrected chi connectivity index (χ4v) is 2.28. The Hall–Kier alpha value is -0.530. The number of hydrogen-bond donors (Lipinski definition) is 0. The number of carbonyl (C=O) groups is 1. The van der Waals surface area contributed by atoms with E-state index in [-0.39, 0.29) is 11.9 Å². The van der Waals surface area contributed by atoms with Gasteiger partial charge in [0.15, 0.2) is 0 Å². The maximum absolute atomic E-state index is 11.7. The highest BCUT2D eigenvalue weighted by Gasteiger charge is 2.21. The Bertz CT molecular complexity index is 193. The number of ether oxygens (including phenoxy) is 1. The second kappa shape index (κ2) is 7.70. The van der Waals surface area contributed by atoms with Gasteiger partial charge >= 0.3 is 5.97 Å². The van der Waals surface area contributed by atoms with Gasteiger partial charge in [-0.3, -0.25) is 4.79 Å². The maximum Gasteiger partial charge on any atom is 0.308 e. The molecule has 1 aliphatic rings. The molecule has 1 aliphatic carbocycles. The SMILES string of the molecule is CC(C)CCCCOC(=O)C1CCCCC1. The van der Waals surface area contributed by atoms with Crippen molar-refractivity contribution in [3.05, 3.63) is 0 Å². The Balaban J connectivity index is 2.01. The van der Waals surface area contributed by atoms with Crippen molar-refractivity contribution in [3.63, 3.8) is 0 Å². The number of esters is 1. The summed E-state index contributed by atoms with van der Waals surface area (Å²) in [5.41, 5.74) is 0. The second-order valence-corrected chi connectivity index (χ2v) is 5.39. The van der Waals surface area contributed by atoms with Crippen molar-refractivity contribution < 1.29 is 9.53 Å². The van der Waals surface area contributed by atoms with Crippen molar-refractivity contribution in [1.82, 2.24) is 0 Å². The molecule has 0 radical (unpaired) electrons. The number of rotatable bonds is 6. The quantitative estimate of drug-likeness (QED) is 0.506. The largest absolute Gasteiger partial charge is 0.465 e. The Morgan fingerprint density at radius 1 is 1.19 bits per heavy atom. The van der Waals surface area contributed by atoms with Gasteiger partial charge in [0.05, 0.1) is 12.5 Å². The summed E-state index contributed by atoms with van der Waals surface area (Å²) in [6, 6.07) is 0. The Labute approximate surface area is 99.8 Å². The highest BCUT2D eigenvalue weighted by Crippen LogP contribution is 2.24. The highest BCUT2D eigenvalue weighted by molar-refractivity contribution is 5.72. The molecule has 0 aromatic heterocycles. The van der Waals surface area contributed by atoms with Gasteiger partial charge in [-0.15, -0.1) is 0 Å². The fourth-order valence-electron chi connectivity index (χ4n) is 2.28. The van der Waals surface area contributed by atoms with Crippen LogP contribution in [0.4, 0.5) is 0 Å². The molecule has 0 N–H and O–H groups in total. The molecule has 1 saturated carbocycles. The van der Waals surface area contributed by atoms with E-state index < -0.39 is 0 Å². The van der Waals surface area contributed by atoms with Crippen molar-refractivity contribution in [1.29, 1.82) is 0 Å². The highest BCUT2D eigenvalue weighted by atomic mass is 16.5. The molecule has 94 valence electrons. The zero-order valence-corrected chi connectivity index (χ0v) is 10.8. The average Bonchev–Trinajstić information content (AvgIpc) is 2.29. The Morgan fingerprint density at radius 3 is 2.50 bits per heavy atom. The molecule has 0 unspecified atom stereocenters. The molecule has 1 rings (SSSR count). The number of hydrogen-bond acceptors (Lipinski definition) is 2. The van der Waals surface area contributed by atoms with Gasteiger partial charge in [-0.25, -0.2) is 0 Å². The normalized spacial score (nSPS) is 17.7. The molecule has 0 bridgehead atoms. The van der Waals surface area contributed by atoms with Gasteiger partial charge < -0.3 is 4.74 Å². The van der Waals surface area contributed by atoms with E-state index in [0.29, 0.717) is 6.61 Å². The lowest BCUT2D eigenvalue weighted by Gasteiger charge is -2.19. The molecular formula is C14H26O2. The van der Waals surface area contributed by atoms with Crippen LogP contribution in [0, 0.1) is 11.8 Å². The van der Waals surface area contributed by atoms with Crippen molar-refractivity contribution >= 4 is 5.97 Å². The van der Waals surface area contributed by atoms with Crippen LogP contribution < -0.4 is 0 Å². The minimum atomic E-state index is 0.0595. The van der Waals surface area contributed by atoms with Gasteiger partial charge in [0, 0.05) is 0 Å². The van der Waals surface area contributed by atoms with E-state index in [1.54, 1.807) is 0 Å². The van der Waals surface area contributed by atoms with E-state index in [9.17, 15) is 4.79 Å². The molecule has 0 amide bonds. The summed E-state index contributed by atoms with van der Waals surface area (Å²) in [6.07, 6.45) is 9.22. The first kappa shape index (κ1) is 13.5. The Morgan fingerprint density at radius 2 is 1.88 bits per heavy atom. The van der Waals surface area contributed by atoms with Crippen molar-refractivity contribution in [2.45, 2.75) is 65.2 Å². The van der Waals surface area contributed by atoms with Crippen molar-refractivity contribution in [3.8, 4) is 0 Å². The molecule has 16 heavy (non-hydrogen) atoms. The first-order chi connectivity index (χ1) is 7.70. The van der Waals surface area contributed by atoms with Gasteiger partial charge in [-0.2, -0.15) is 0 Å². The summed E-state index contributed by atoms with van der Waals surface area (Å²) in [5.74, 6) is 1.03.